The Morgan fingerprint density at radius 1 is 0.765 bits per heavy atom. The Hall–Kier alpha value is -0.0400. The van der Waals surface area contributed by atoms with Crippen LogP contribution in [0.15, 0.2) is 0 Å². The fourth-order valence-electron chi connectivity index (χ4n) is 2.53. The van der Waals surface area contributed by atoms with Gasteiger partial charge < -0.3 is 5.11 Å². The molecule has 1 atom stereocenters. The van der Waals surface area contributed by atoms with Crippen LogP contribution in [0.2, 0.25) is 0 Å². The monoisotopic (exact) mass is 242 g/mol. The van der Waals surface area contributed by atoms with Crippen LogP contribution in [0.3, 0.4) is 0 Å². The summed E-state index contributed by atoms with van der Waals surface area (Å²) < 4.78 is 0. The first-order chi connectivity index (χ1) is 8.26. The van der Waals surface area contributed by atoms with Gasteiger partial charge in [-0.3, -0.25) is 0 Å². The quantitative estimate of drug-likeness (QED) is 0.468. The van der Waals surface area contributed by atoms with Crippen molar-refractivity contribution in [3.8, 4) is 0 Å². The molecule has 0 amide bonds. The lowest BCUT2D eigenvalue weighted by molar-refractivity contribution is 0.171. The molecular weight excluding hydrogens is 208 g/mol. The van der Waals surface area contributed by atoms with Crippen molar-refractivity contribution in [3.05, 3.63) is 0 Å². The van der Waals surface area contributed by atoms with Crippen LogP contribution in [0.25, 0.3) is 0 Å². The lowest BCUT2D eigenvalue weighted by atomic mass is 9.85. The molecule has 0 unspecified atom stereocenters. The standard InChI is InChI=1S/C16H34O/c1-4-6-8-10-12-16(15(3)14-17)13-11-9-7-5-2/h15-17H,4-14H2,1-3H3/t15-/m0/s1. The van der Waals surface area contributed by atoms with Gasteiger partial charge in [-0.05, 0) is 11.8 Å². The van der Waals surface area contributed by atoms with Crippen LogP contribution in [0.5, 0.6) is 0 Å². The van der Waals surface area contributed by atoms with Crippen LogP contribution in [0.4, 0.5) is 0 Å². The Balaban J connectivity index is 3.72. The van der Waals surface area contributed by atoms with Crippen LogP contribution in [-0.4, -0.2) is 11.7 Å². The van der Waals surface area contributed by atoms with Gasteiger partial charge in [0.15, 0.2) is 0 Å². The molecule has 0 aromatic rings. The smallest absolute Gasteiger partial charge is 0.0459 e. The SMILES string of the molecule is CCCCCCC(CCCCCC)[C@@H](C)CO. The summed E-state index contributed by atoms with van der Waals surface area (Å²) in [5, 5.41) is 9.31. The minimum atomic E-state index is 0.367. The summed E-state index contributed by atoms with van der Waals surface area (Å²) in [5.41, 5.74) is 0. The van der Waals surface area contributed by atoms with Gasteiger partial charge in [0.2, 0.25) is 0 Å². The molecule has 0 aromatic carbocycles. The second-order valence-corrected chi connectivity index (χ2v) is 5.62. The van der Waals surface area contributed by atoms with E-state index >= 15 is 0 Å². The molecule has 0 aliphatic carbocycles. The largest absolute Gasteiger partial charge is 0.396 e. The van der Waals surface area contributed by atoms with E-state index in [9.17, 15) is 5.11 Å². The molecule has 0 aromatic heterocycles. The van der Waals surface area contributed by atoms with Crippen molar-refractivity contribution in [2.24, 2.45) is 11.8 Å². The molecule has 0 saturated carbocycles. The molecule has 0 bridgehead atoms. The molecule has 104 valence electrons. The highest BCUT2D eigenvalue weighted by Crippen LogP contribution is 2.25. The summed E-state index contributed by atoms with van der Waals surface area (Å²) in [6.45, 7) is 7.10. The van der Waals surface area contributed by atoms with E-state index in [0.717, 1.165) is 5.92 Å². The summed E-state index contributed by atoms with van der Waals surface area (Å²) in [6.07, 6.45) is 13.5. The highest BCUT2D eigenvalue weighted by molar-refractivity contribution is 4.66. The van der Waals surface area contributed by atoms with E-state index < -0.39 is 0 Å². The molecule has 17 heavy (non-hydrogen) atoms. The van der Waals surface area contributed by atoms with Gasteiger partial charge in [0, 0.05) is 6.61 Å². The number of hydrogen-bond donors (Lipinski definition) is 1. The maximum atomic E-state index is 9.31. The van der Waals surface area contributed by atoms with Crippen molar-refractivity contribution in [1.29, 1.82) is 0 Å². The molecule has 1 N–H and O–H groups in total. The molecule has 0 fully saturated rings. The fraction of sp³-hybridized carbons (Fsp3) is 1.00. The van der Waals surface area contributed by atoms with Crippen molar-refractivity contribution < 1.29 is 5.11 Å². The van der Waals surface area contributed by atoms with Gasteiger partial charge >= 0.3 is 0 Å². The maximum absolute atomic E-state index is 9.31. The van der Waals surface area contributed by atoms with Crippen LogP contribution in [-0.2, 0) is 0 Å². The van der Waals surface area contributed by atoms with Gasteiger partial charge in [0.25, 0.3) is 0 Å². The van der Waals surface area contributed by atoms with Gasteiger partial charge in [-0.2, -0.15) is 0 Å². The third kappa shape index (κ3) is 9.64. The number of unbranched alkanes of at least 4 members (excludes halogenated alkanes) is 6. The highest BCUT2D eigenvalue weighted by atomic mass is 16.3. The molecule has 1 heteroatoms. The zero-order valence-electron chi connectivity index (χ0n) is 12.4. The molecule has 0 rings (SSSR count). The predicted molar refractivity (Wildman–Crippen MR) is 77.3 cm³/mol. The van der Waals surface area contributed by atoms with E-state index in [1.165, 1.54) is 64.2 Å². The number of aliphatic hydroxyl groups excluding tert-OH is 1. The van der Waals surface area contributed by atoms with Crippen LogP contribution in [0, 0.1) is 11.8 Å². The summed E-state index contributed by atoms with van der Waals surface area (Å²) in [5.74, 6) is 1.26. The Labute approximate surface area is 109 Å². The third-order valence-corrected chi connectivity index (χ3v) is 3.95. The molecular formula is C16H34O. The molecule has 0 aliphatic heterocycles. The fourth-order valence-corrected chi connectivity index (χ4v) is 2.53. The van der Waals surface area contributed by atoms with Crippen LogP contribution < -0.4 is 0 Å². The average molecular weight is 242 g/mol. The predicted octanol–water partition coefficient (Wildman–Crippen LogP) is 5.17. The first-order valence-corrected chi connectivity index (χ1v) is 7.87. The Kier molecular flexibility index (Phi) is 12.4. The van der Waals surface area contributed by atoms with Gasteiger partial charge in [-0.15, -0.1) is 0 Å². The van der Waals surface area contributed by atoms with E-state index in [1.807, 2.05) is 0 Å². The van der Waals surface area contributed by atoms with E-state index in [1.54, 1.807) is 0 Å². The zero-order valence-corrected chi connectivity index (χ0v) is 12.4. The van der Waals surface area contributed by atoms with E-state index in [4.69, 9.17) is 0 Å². The molecule has 0 radical (unpaired) electrons. The van der Waals surface area contributed by atoms with Gasteiger partial charge in [0.05, 0.1) is 0 Å². The maximum Gasteiger partial charge on any atom is 0.0459 e. The van der Waals surface area contributed by atoms with E-state index in [-0.39, 0.29) is 0 Å². The molecule has 0 saturated heterocycles. The second-order valence-electron chi connectivity index (χ2n) is 5.62. The summed E-state index contributed by atoms with van der Waals surface area (Å²) in [6, 6.07) is 0. The van der Waals surface area contributed by atoms with E-state index in [2.05, 4.69) is 20.8 Å². The minimum Gasteiger partial charge on any atom is -0.396 e. The minimum absolute atomic E-state index is 0.367. The second kappa shape index (κ2) is 12.4. The van der Waals surface area contributed by atoms with Crippen molar-refractivity contribution in [1.82, 2.24) is 0 Å². The first kappa shape index (κ1) is 17.0. The molecule has 0 spiro atoms. The summed E-state index contributed by atoms with van der Waals surface area (Å²) in [7, 11) is 0. The Morgan fingerprint density at radius 3 is 1.59 bits per heavy atom. The topological polar surface area (TPSA) is 20.2 Å². The average Bonchev–Trinajstić information content (AvgIpc) is 2.36. The third-order valence-electron chi connectivity index (χ3n) is 3.95. The summed E-state index contributed by atoms with van der Waals surface area (Å²) in [4.78, 5) is 0. The zero-order chi connectivity index (χ0) is 12.9. The lowest BCUT2D eigenvalue weighted by Gasteiger charge is -2.22. The first-order valence-electron chi connectivity index (χ1n) is 7.87. The summed E-state index contributed by atoms with van der Waals surface area (Å²) >= 11 is 0. The van der Waals surface area contributed by atoms with Gasteiger partial charge in [-0.25, -0.2) is 0 Å². The van der Waals surface area contributed by atoms with Crippen molar-refractivity contribution >= 4 is 0 Å². The number of hydrogen-bond acceptors (Lipinski definition) is 1. The Bertz CT molecular complexity index is 132. The van der Waals surface area contributed by atoms with Crippen molar-refractivity contribution in [3.63, 3.8) is 0 Å². The molecule has 0 heterocycles. The van der Waals surface area contributed by atoms with Crippen molar-refractivity contribution in [2.75, 3.05) is 6.61 Å². The number of rotatable bonds is 12. The van der Waals surface area contributed by atoms with Crippen LogP contribution >= 0.6 is 0 Å². The lowest BCUT2D eigenvalue weighted by Crippen LogP contribution is -2.15. The van der Waals surface area contributed by atoms with Crippen molar-refractivity contribution in [2.45, 2.75) is 85.0 Å². The van der Waals surface area contributed by atoms with Gasteiger partial charge in [0.1, 0.15) is 0 Å². The van der Waals surface area contributed by atoms with E-state index in [0.29, 0.717) is 12.5 Å². The van der Waals surface area contributed by atoms with Gasteiger partial charge in [-0.1, -0.05) is 85.0 Å². The highest BCUT2D eigenvalue weighted by Gasteiger charge is 2.15. The molecule has 0 aliphatic rings. The molecule has 1 nitrogen and oxygen atoms in total. The Morgan fingerprint density at radius 2 is 1.24 bits per heavy atom. The van der Waals surface area contributed by atoms with Crippen LogP contribution in [0.1, 0.15) is 85.0 Å². The number of aliphatic hydroxyl groups is 1. The normalized spacial score (nSPS) is 13.2.